The minimum atomic E-state index is -0.316. The first-order valence-corrected chi connectivity index (χ1v) is 6.63. The van der Waals surface area contributed by atoms with Gasteiger partial charge in [-0.2, -0.15) is 5.10 Å². The topological polar surface area (TPSA) is 69.8 Å². The van der Waals surface area contributed by atoms with Crippen LogP contribution in [0.2, 0.25) is 0 Å². The maximum atomic E-state index is 12.4. The first-order valence-electron chi connectivity index (χ1n) is 6.63. The van der Waals surface area contributed by atoms with Gasteiger partial charge in [0, 0.05) is 17.6 Å². The molecule has 3 N–H and O–H groups in total. The highest BCUT2D eigenvalue weighted by atomic mass is 16.2. The van der Waals surface area contributed by atoms with Crippen LogP contribution in [0, 0.1) is 5.41 Å². The maximum absolute atomic E-state index is 12.4. The van der Waals surface area contributed by atoms with Crippen molar-refractivity contribution in [1.29, 1.82) is 0 Å². The van der Waals surface area contributed by atoms with Gasteiger partial charge in [0.25, 0.3) is 0 Å². The van der Waals surface area contributed by atoms with Crippen LogP contribution in [0.25, 0.3) is 10.9 Å². The van der Waals surface area contributed by atoms with Crippen LogP contribution in [0.15, 0.2) is 24.4 Å². The van der Waals surface area contributed by atoms with Crippen LogP contribution in [-0.4, -0.2) is 29.2 Å². The molecule has 1 amide bonds. The van der Waals surface area contributed by atoms with Crippen LogP contribution in [0.3, 0.4) is 0 Å². The molecule has 0 saturated carbocycles. The van der Waals surface area contributed by atoms with Crippen molar-refractivity contribution in [2.75, 3.05) is 18.4 Å². The van der Waals surface area contributed by atoms with Gasteiger partial charge in [-0.05, 0) is 44.5 Å². The van der Waals surface area contributed by atoms with E-state index in [1.54, 1.807) is 6.20 Å². The number of carbonyl (C=O) groups excluding carboxylic acids is 1. The molecule has 1 atom stereocenters. The first-order chi connectivity index (χ1) is 9.17. The zero-order valence-corrected chi connectivity index (χ0v) is 11.0. The fourth-order valence-electron chi connectivity index (χ4n) is 2.55. The monoisotopic (exact) mass is 258 g/mol. The molecular formula is C14H18N4O. The highest BCUT2D eigenvalue weighted by Crippen LogP contribution is 2.27. The van der Waals surface area contributed by atoms with Crippen molar-refractivity contribution in [2.45, 2.75) is 19.8 Å². The molecule has 1 aliphatic rings. The van der Waals surface area contributed by atoms with Gasteiger partial charge in [-0.25, -0.2) is 0 Å². The molecule has 0 aliphatic carbocycles. The van der Waals surface area contributed by atoms with Crippen molar-refractivity contribution < 1.29 is 4.79 Å². The largest absolute Gasteiger partial charge is 0.326 e. The predicted octanol–water partition coefficient (Wildman–Crippen LogP) is 1.89. The number of rotatable bonds is 2. The number of piperidine rings is 1. The summed E-state index contributed by atoms with van der Waals surface area (Å²) in [5, 5.41) is 14.2. The Morgan fingerprint density at radius 3 is 3.16 bits per heavy atom. The van der Waals surface area contributed by atoms with Crippen molar-refractivity contribution in [3.8, 4) is 0 Å². The van der Waals surface area contributed by atoms with Gasteiger partial charge in [-0.1, -0.05) is 0 Å². The minimum absolute atomic E-state index is 0.0857. The maximum Gasteiger partial charge on any atom is 0.231 e. The molecule has 1 saturated heterocycles. The number of aromatic nitrogens is 2. The summed E-state index contributed by atoms with van der Waals surface area (Å²) in [7, 11) is 0. The van der Waals surface area contributed by atoms with E-state index in [9.17, 15) is 4.79 Å². The Labute approximate surface area is 111 Å². The molecule has 3 rings (SSSR count). The third-order valence-corrected chi connectivity index (χ3v) is 3.84. The molecule has 0 spiro atoms. The molecule has 2 aromatic rings. The lowest BCUT2D eigenvalue weighted by Gasteiger charge is -2.32. The summed E-state index contributed by atoms with van der Waals surface area (Å²) < 4.78 is 0. The molecular weight excluding hydrogens is 240 g/mol. The van der Waals surface area contributed by atoms with E-state index in [2.05, 4.69) is 20.8 Å². The van der Waals surface area contributed by atoms with Crippen LogP contribution in [0.4, 0.5) is 5.69 Å². The third kappa shape index (κ3) is 2.33. The smallest absolute Gasteiger partial charge is 0.231 e. The summed E-state index contributed by atoms with van der Waals surface area (Å²) >= 11 is 0. The summed E-state index contributed by atoms with van der Waals surface area (Å²) in [5.41, 5.74) is 1.48. The molecule has 1 unspecified atom stereocenters. The Bertz CT molecular complexity index is 598. The quantitative estimate of drug-likeness (QED) is 0.770. The molecule has 1 aromatic heterocycles. The van der Waals surface area contributed by atoms with E-state index in [1.165, 1.54) is 0 Å². The molecule has 5 nitrogen and oxygen atoms in total. The molecule has 0 radical (unpaired) electrons. The van der Waals surface area contributed by atoms with E-state index in [4.69, 9.17) is 0 Å². The van der Waals surface area contributed by atoms with Gasteiger partial charge in [0.2, 0.25) is 5.91 Å². The summed E-state index contributed by atoms with van der Waals surface area (Å²) in [6.45, 7) is 3.77. The molecule has 0 bridgehead atoms. The van der Waals surface area contributed by atoms with Gasteiger partial charge < -0.3 is 10.6 Å². The number of hydrogen-bond donors (Lipinski definition) is 3. The van der Waals surface area contributed by atoms with Crippen molar-refractivity contribution >= 4 is 22.5 Å². The highest BCUT2D eigenvalue weighted by molar-refractivity contribution is 5.97. The fourth-order valence-corrected chi connectivity index (χ4v) is 2.55. The number of nitrogens with one attached hydrogen (secondary N) is 3. The zero-order chi connectivity index (χ0) is 13.3. The lowest BCUT2D eigenvalue weighted by atomic mass is 9.82. The van der Waals surface area contributed by atoms with Crippen LogP contribution >= 0.6 is 0 Å². The predicted molar refractivity (Wildman–Crippen MR) is 74.9 cm³/mol. The lowest BCUT2D eigenvalue weighted by molar-refractivity contribution is -0.125. The average Bonchev–Trinajstić information content (AvgIpc) is 2.87. The Hall–Kier alpha value is -1.88. The van der Waals surface area contributed by atoms with Gasteiger partial charge in [0.05, 0.1) is 17.1 Å². The number of nitrogens with zero attached hydrogens (tertiary/aromatic N) is 1. The Kier molecular flexibility index (Phi) is 2.98. The number of anilines is 1. The summed E-state index contributed by atoms with van der Waals surface area (Å²) in [6.07, 6.45) is 3.74. The Morgan fingerprint density at radius 2 is 2.37 bits per heavy atom. The highest BCUT2D eigenvalue weighted by Gasteiger charge is 2.34. The van der Waals surface area contributed by atoms with Gasteiger partial charge in [0.1, 0.15) is 0 Å². The van der Waals surface area contributed by atoms with Crippen LogP contribution in [-0.2, 0) is 4.79 Å². The molecule has 1 fully saturated rings. The zero-order valence-electron chi connectivity index (χ0n) is 11.0. The Balaban J connectivity index is 1.78. The van der Waals surface area contributed by atoms with Crippen molar-refractivity contribution in [2.24, 2.45) is 5.41 Å². The van der Waals surface area contributed by atoms with E-state index in [-0.39, 0.29) is 11.3 Å². The van der Waals surface area contributed by atoms with Gasteiger partial charge in [0.15, 0.2) is 0 Å². The normalized spacial score (nSPS) is 23.4. The third-order valence-electron chi connectivity index (χ3n) is 3.84. The number of hydrogen-bond acceptors (Lipinski definition) is 3. The molecule has 5 heteroatoms. The second-order valence-electron chi connectivity index (χ2n) is 5.47. The summed E-state index contributed by atoms with van der Waals surface area (Å²) in [5.74, 6) is 0.0857. The standard InChI is InChI=1S/C14H18N4O/c1-14(5-2-6-15-9-14)13(19)17-11-3-4-12-10(7-11)8-16-18-12/h3-4,7-8,15H,2,5-6,9H2,1H3,(H,16,18)(H,17,19). The molecule has 1 aliphatic heterocycles. The number of aromatic amines is 1. The SMILES string of the molecule is CC1(C(=O)Nc2ccc3[nH]ncc3c2)CCCNC1. The second-order valence-corrected chi connectivity index (χ2v) is 5.47. The lowest BCUT2D eigenvalue weighted by Crippen LogP contribution is -2.46. The second kappa shape index (κ2) is 4.66. The first kappa shape index (κ1) is 12.2. The van der Waals surface area contributed by atoms with Crippen molar-refractivity contribution in [3.63, 3.8) is 0 Å². The van der Waals surface area contributed by atoms with E-state index in [0.717, 1.165) is 42.5 Å². The summed E-state index contributed by atoms with van der Waals surface area (Å²) in [6, 6.07) is 5.77. The summed E-state index contributed by atoms with van der Waals surface area (Å²) in [4.78, 5) is 12.4. The van der Waals surface area contributed by atoms with E-state index in [0.29, 0.717) is 0 Å². The van der Waals surface area contributed by atoms with Gasteiger partial charge in [-0.3, -0.25) is 9.89 Å². The number of H-pyrrole nitrogens is 1. The Morgan fingerprint density at radius 1 is 1.47 bits per heavy atom. The fraction of sp³-hybridized carbons (Fsp3) is 0.429. The van der Waals surface area contributed by atoms with E-state index in [1.807, 2.05) is 25.1 Å². The average molecular weight is 258 g/mol. The van der Waals surface area contributed by atoms with E-state index >= 15 is 0 Å². The van der Waals surface area contributed by atoms with Crippen LogP contribution in [0.1, 0.15) is 19.8 Å². The number of fused-ring (bicyclic) bond motifs is 1. The van der Waals surface area contributed by atoms with E-state index < -0.39 is 0 Å². The van der Waals surface area contributed by atoms with Crippen molar-refractivity contribution in [1.82, 2.24) is 15.5 Å². The number of benzene rings is 1. The van der Waals surface area contributed by atoms with Gasteiger partial charge >= 0.3 is 0 Å². The van der Waals surface area contributed by atoms with Gasteiger partial charge in [-0.15, -0.1) is 0 Å². The van der Waals surface area contributed by atoms with Crippen molar-refractivity contribution in [3.05, 3.63) is 24.4 Å². The number of carbonyl (C=O) groups is 1. The molecule has 2 heterocycles. The van der Waals surface area contributed by atoms with Crippen LogP contribution < -0.4 is 10.6 Å². The molecule has 100 valence electrons. The molecule has 1 aromatic carbocycles. The minimum Gasteiger partial charge on any atom is -0.326 e. The number of amides is 1. The van der Waals surface area contributed by atoms with Crippen LogP contribution in [0.5, 0.6) is 0 Å². The molecule has 19 heavy (non-hydrogen) atoms.